The fourth-order valence-corrected chi connectivity index (χ4v) is 2.50. The van der Waals surface area contributed by atoms with Gasteiger partial charge in [-0.1, -0.05) is 6.07 Å². The monoisotopic (exact) mass is 280 g/mol. The Labute approximate surface area is 117 Å². The van der Waals surface area contributed by atoms with Crippen molar-refractivity contribution in [2.24, 2.45) is 0 Å². The summed E-state index contributed by atoms with van der Waals surface area (Å²) in [5, 5.41) is 30.0. The molecule has 1 atom stereocenters. The molecular weight excluding hydrogens is 260 g/mol. The van der Waals surface area contributed by atoms with Crippen molar-refractivity contribution in [1.29, 1.82) is 0 Å². The molecule has 0 heterocycles. The lowest BCUT2D eigenvalue weighted by molar-refractivity contribution is -0.384. The van der Waals surface area contributed by atoms with Gasteiger partial charge in [0.2, 0.25) is 0 Å². The maximum Gasteiger partial charge on any atom is 0.292 e. The molecule has 0 saturated heterocycles. The lowest BCUT2D eigenvalue weighted by atomic mass is 9.90. The third kappa shape index (κ3) is 2.91. The van der Waals surface area contributed by atoms with Gasteiger partial charge in [-0.2, -0.15) is 0 Å². The Balaban J connectivity index is 2.39. The summed E-state index contributed by atoms with van der Waals surface area (Å²) in [6.45, 7) is 1.93. The molecule has 0 spiro atoms. The maximum absolute atomic E-state index is 11.3. The quantitative estimate of drug-likeness (QED) is 0.614. The lowest BCUT2D eigenvalue weighted by Crippen LogP contribution is -2.42. The van der Waals surface area contributed by atoms with Gasteiger partial charge < -0.3 is 15.1 Å². The van der Waals surface area contributed by atoms with Gasteiger partial charge >= 0.3 is 0 Å². The van der Waals surface area contributed by atoms with E-state index in [2.05, 4.69) is 0 Å². The van der Waals surface area contributed by atoms with Crippen LogP contribution in [-0.4, -0.2) is 34.3 Å². The van der Waals surface area contributed by atoms with Crippen LogP contribution in [0.1, 0.15) is 37.9 Å². The van der Waals surface area contributed by atoms with E-state index in [1.807, 2.05) is 4.90 Å². The van der Waals surface area contributed by atoms with Gasteiger partial charge in [-0.25, -0.2) is 0 Å². The molecule has 2 N–H and O–H groups in total. The minimum absolute atomic E-state index is 0.0104. The van der Waals surface area contributed by atoms with Crippen LogP contribution >= 0.6 is 0 Å². The molecule has 0 amide bonds. The van der Waals surface area contributed by atoms with Crippen LogP contribution < -0.4 is 4.90 Å². The van der Waals surface area contributed by atoms with Crippen LogP contribution in [0.25, 0.3) is 0 Å². The molecule has 1 aromatic rings. The van der Waals surface area contributed by atoms with Crippen LogP contribution in [0.3, 0.4) is 0 Å². The highest BCUT2D eigenvalue weighted by Crippen LogP contribution is 2.36. The predicted molar refractivity (Wildman–Crippen MR) is 75.8 cm³/mol. The van der Waals surface area contributed by atoms with Gasteiger partial charge in [0.25, 0.3) is 5.69 Å². The largest absolute Gasteiger partial charge is 0.395 e. The van der Waals surface area contributed by atoms with Crippen LogP contribution in [0.15, 0.2) is 18.2 Å². The SMILES string of the molecule is C[C@@H](O)c1ccc(N(CCO)C2CCC2)c([N+](=O)[O-])c1. The molecule has 20 heavy (non-hydrogen) atoms. The summed E-state index contributed by atoms with van der Waals surface area (Å²) < 4.78 is 0. The van der Waals surface area contributed by atoms with Crippen molar-refractivity contribution in [3.8, 4) is 0 Å². The number of aliphatic hydroxyl groups excluding tert-OH is 2. The molecule has 0 bridgehead atoms. The highest BCUT2D eigenvalue weighted by Gasteiger charge is 2.29. The number of anilines is 1. The summed E-state index contributed by atoms with van der Waals surface area (Å²) >= 11 is 0. The number of hydrogen-bond donors (Lipinski definition) is 2. The van der Waals surface area contributed by atoms with E-state index in [1.54, 1.807) is 19.1 Å². The summed E-state index contributed by atoms with van der Waals surface area (Å²) in [7, 11) is 0. The van der Waals surface area contributed by atoms with E-state index >= 15 is 0 Å². The lowest BCUT2D eigenvalue weighted by Gasteiger charge is -2.38. The van der Waals surface area contributed by atoms with Crippen LogP contribution in [0.5, 0.6) is 0 Å². The van der Waals surface area contributed by atoms with Gasteiger partial charge in [0.05, 0.1) is 17.6 Å². The molecule has 1 aliphatic carbocycles. The van der Waals surface area contributed by atoms with Gasteiger partial charge in [0.15, 0.2) is 0 Å². The fraction of sp³-hybridized carbons (Fsp3) is 0.571. The molecule has 6 nitrogen and oxygen atoms in total. The van der Waals surface area contributed by atoms with E-state index in [-0.39, 0.29) is 18.3 Å². The van der Waals surface area contributed by atoms with E-state index in [0.717, 1.165) is 19.3 Å². The first kappa shape index (κ1) is 14.7. The Morgan fingerprint density at radius 3 is 2.65 bits per heavy atom. The molecular formula is C14H20N2O4. The van der Waals surface area contributed by atoms with Gasteiger partial charge in [-0.05, 0) is 37.8 Å². The molecule has 1 aromatic carbocycles. The number of rotatable bonds is 6. The van der Waals surface area contributed by atoms with Crippen LogP contribution in [0, 0.1) is 10.1 Å². The first-order chi connectivity index (χ1) is 9.54. The number of benzene rings is 1. The Morgan fingerprint density at radius 2 is 2.20 bits per heavy atom. The zero-order valence-corrected chi connectivity index (χ0v) is 11.5. The van der Waals surface area contributed by atoms with Gasteiger partial charge in [0, 0.05) is 18.7 Å². The zero-order chi connectivity index (χ0) is 14.7. The Hall–Kier alpha value is -1.66. The van der Waals surface area contributed by atoms with E-state index in [4.69, 9.17) is 0 Å². The molecule has 0 unspecified atom stereocenters. The minimum atomic E-state index is -0.738. The Morgan fingerprint density at radius 1 is 1.50 bits per heavy atom. The maximum atomic E-state index is 11.3. The van der Waals surface area contributed by atoms with E-state index in [0.29, 0.717) is 17.8 Å². The standard InChI is InChI=1S/C14H20N2O4/c1-10(18)11-5-6-13(14(9-11)16(19)20)15(7-8-17)12-3-2-4-12/h5-6,9-10,12,17-18H,2-4,7-8H2,1H3/t10-/m1/s1. The second-order valence-electron chi connectivity index (χ2n) is 5.18. The first-order valence-corrected chi connectivity index (χ1v) is 6.88. The molecule has 6 heteroatoms. The Kier molecular flexibility index (Phi) is 4.57. The highest BCUT2D eigenvalue weighted by molar-refractivity contribution is 5.65. The topological polar surface area (TPSA) is 86.8 Å². The van der Waals surface area contributed by atoms with E-state index in [1.165, 1.54) is 6.07 Å². The van der Waals surface area contributed by atoms with Crippen molar-refractivity contribution in [1.82, 2.24) is 0 Å². The van der Waals surface area contributed by atoms with Gasteiger partial charge in [0.1, 0.15) is 5.69 Å². The summed E-state index contributed by atoms with van der Waals surface area (Å²) in [6, 6.07) is 5.06. The van der Waals surface area contributed by atoms with Crippen molar-refractivity contribution in [3.05, 3.63) is 33.9 Å². The van der Waals surface area contributed by atoms with Gasteiger partial charge in [-0.15, -0.1) is 0 Å². The Bertz CT molecular complexity index is 486. The fourth-order valence-electron chi connectivity index (χ4n) is 2.50. The summed E-state index contributed by atoms with van der Waals surface area (Å²) in [4.78, 5) is 12.8. The third-order valence-electron chi connectivity index (χ3n) is 3.84. The van der Waals surface area contributed by atoms with Crippen LogP contribution in [-0.2, 0) is 0 Å². The smallest absolute Gasteiger partial charge is 0.292 e. The van der Waals surface area contributed by atoms with Gasteiger partial charge in [-0.3, -0.25) is 10.1 Å². The van der Waals surface area contributed by atoms with Crippen LogP contribution in [0.2, 0.25) is 0 Å². The van der Waals surface area contributed by atoms with Crippen molar-refractivity contribution >= 4 is 11.4 Å². The number of aliphatic hydroxyl groups is 2. The molecule has 1 fully saturated rings. The number of nitro groups is 1. The van der Waals surface area contributed by atoms with E-state index in [9.17, 15) is 20.3 Å². The molecule has 110 valence electrons. The molecule has 2 rings (SSSR count). The summed E-state index contributed by atoms with van der Waals surface area (Å²) in [6.07, 6.45) is 2.37. The van der Waals surface area contributed by atoms with Crippen molar-refractivity contribution < 1.29 is 15.1 Å². The van der Waals surface area contributed by atoms with E-state index < -0.39 is 11.0 Å². The first-order valence-electron chi connectivity index (χ1n) is 6.88. The highest BCUT2D eigenvalue weighted by atomic mass is 16.6. The van der Waals surface area contributed by atoms with Crippen molar-refractivity contribution in [2.75, 3.05) is 18.1 Å². The molecule has 0 aliphatic heterocycles. The minimum Gasteiger partial charge on any atom is -0.395 e. The number of nitro benzene ring substituents is 1. The third-order valence-corrected chi connectivity index (χ3v) is 3.84. The molecule has 0 aromatic heterocycles. The number of hydrogen-bond acceptors (Lipinski definition) is 5. The normalized spacial score (nSPS) is 16.6. The number of nitrogens with zero attached hydrogens (tertiary/aromatic N) is 2. The average Bonchev–Trinajstić information content (AvgIpc) is 2.35. The molecule has 0 radical (unpaired) electrons. The van der Waals surface area contributed by atoms with Crippen molar-refractivity contribution in [2.45, 2.75) is 38.3 Å². The second-order valence-corrected chi connectivity index (χ2v) is 5.18. The summed E-state index contributed by atoms with van der Waals surface area (Å²) in [5.74, 6) is 0. The summed E-state index contributed by atoms with van der Waals surface area (Å²) in [5.41, 5.74) is 1.04. The average molecular weight is 280 g/mol. The molecule has 1 aliphatic rings. The van der Waals surface area contributed by atoms with Crippen molar-refractivity contribution in [3.63, 3.8) is 0 Å². The van der Waals surface area contributed by atoms with Crippen LogP contribution in [0.4, 0.5) is 11.4 Å². The zero-order valence-electron chi connectivity index (χ0n) is 11.5. The second kappa shape index (κ2) is 6.19. The predicted octanol–water partition coefficient (Wildman–Crippen LogP) is 2.00. The molecule has 1 saturated carbocycles.